The molecule has 3 rings (SSSR count). The van der Waals surface area contributed by atoms with Gasteiger partial charge in [-0.15, -0.1) is 5.10 Å². The van der Waals surface area contributed by atoms with Gasteiger partial charge in [0.1, 0.15) is 12.1 Å². The van der Waals surface area contributed by atoms with E-state index < -0.39 is 0 Å². The number of carbonyl (C=O) groups is 2. The van der Waals surface area contributed by atoms with Crippen LogP contribution >= 0.6 is 0 Å². The molecular weight excluding hydrogens is 318 g/mol. The maximum atomic E-state index is 12.5. The van der Waals surface area contributed by atoms with Crippen molar-refractivity contribution in [2.75, 3.05) is 14.1 Å². The molecule has 1 N–H and O–H groups in total. The van der Waals surface area contributed by atoms with Gasteiger partial charge in [0.2, 0.25) is 5.91 Å². The van der Waals surface area contributed by atoms with Crippen LogP contribution < -0.4 is 5.32 Å². The van der Waals surface area contributed by atoms with Crippen molar-refractivity contribution in [3.05, 3.63) is 59.7 Å². The molecule has 7 heteroatoms. The fraction of sp³-hybridized carbons (Fsp3) is 0.222. The van der Waals surface area contributed by atoms with Gasteiger partial charge < -0.3 is 10.2 Å². The highest BCUT2D eigenvalue weighted by molar-refractivity contribution is 5.93. The molecule has 1 aromatic heterocycles. The quantitative estimate of drug-likeness (QED) is 0.764. The Morgan fingerprint density at radius 3 is 2.56 bits per heavy atom. The Bertz CT molecular complexity index is 901. The summed E-state index contributed by atoms with van der Waals surface area (Å²) < 4.78 is 1.60. The predicted molar refractivity (Wildman–Crippen MR) is 93.8 cm³/mol. The Morgan fingerprint density at radius 2 is 1.84 bits per heavy atom. The summed E-state index contributed by atoms with van der Waals surface area (Å²) in [6.45, 7) is 0.590. The number of nitrogens with zero attached hydrogens (tertiary/aromatic N) is 4. The zero-order valence-corrected chi connectivity index (χ0v) is 14.1. The van der Waals surface area contributed by atoms with Crippen molar-refractivity contribution in [2.45, 2.75) is 13.1 Å². The molecule has 0 aliphatic carbocycles. The molecule has 3 aromatic rings. The van der Waals surface area contributed by atoms with Gasteiger partial charge in [0.25, 0.3) is 5.91 Å². The van der Waals surface area contributed by atoms with Crippen molar-refractivity contribution in [3.63, 3.8) is 0 Å². The van der Waals surface area contributed by atoms with Crippen molar-refractivity contribution in [1.29, 1.82) is 0 Å². The number of nitrogens with one attached hydrogen (secondary N) is 1. The first-order chi connectivity index (χ1) is 12.1. The van der Waals surface area contributed by atoms with Gasteiger partial charge in [-0.2, -0.15) is 0 Å². The number of para-hydroxylation sites is 1. The summed E-state index contributed by atoms with van der Waals surface area (Å²) in [6.07, 6.45) is 0. The van der Waals surface area contributed by atoms with Crippen LogP contribution in [0, 0.1) is 0 Å². The Kier molecular flexibility index (Phi) is 4.74. The van der Waals surface area contributed by atoms with Crippen LogP contribution in [0.4, 0.5) is 0 Å². The van der Waals surface area contributed by atoms with Crippen molar-refractivity contribution in [3.8, 4) is 0 Å². The van der Waals surface area contributed by atoms with E-state index in [1.807, 2.05) is 36.4 Å². The minimum absolute atomic E-state index is 0.0639. The first-order valence-corrected chi connectivity index (χ1v) is 7.91. The maximum Gasteiger partial charge on any atom is 0.251 e. The minimum atomic E-state index is -0.131. The van der Waals surface area contributed by atoms with E-state index in [4.69, 9.17) is 0 Å². The first-order valence-electron chi connectivity index (χ1n) is 7.91. The molecule has 0 aliphatic rings. The molecule has 0 spiro atoms. The van der Waals surface area contributed by atoms with Crippen LogP contribution in [0.25, 0.3) is 11.0 Å². The number of carbonyl (C=O) groups excluding carboxylic acids is 2. The zero-order valence-electron chi connectivity index (χ0n) is 14.1. The van der Waals surface area contributed by atoms with Gasteiger partial charge in [0.15, 0.2) is 0 Å². The normalized spacial score (nSPS) is 10.6. The topological polar surface area (TPSA) is 80.1 Å². The Balaban J connectivity index is 1.65. The fourth-order valence-corrected chi connectivity index (χ4v) is 2.55. The molecule has 0 saturated carbocycles. The Morgan fingerprint density at radius 1 is 1.12 bits per heavy atom. The van der Waals surface area contributed by atoms with Gasteiger partial charge >= 0.3 is 0 Å². The summed E-state index contributed by atoms with van der Waals surface area (Å²) in [4.78, 5) is 25.6. The number of rotatable bonds is 5. The van der Waals surface area contributed by atoms with Crippen LogP contribution in [0.5, 0.6) is 0 Å². The molecule has 0 saturated heterocycles. The average Bonchev–Trinajstić information content (AvgIpc) is 3.04. The van der Waals surface area contributed by atoms with E-state index >= 15 is 0 Å². The summed E-state index contributed by atoms with van der Waals surface area (Å²) in [5.74, 6) is -0.194. The summed E-state index contributed by atoms with van der Waals surface area (Å²) in [5.41, 5.74) is 3.14. The zero-order chi connectivity index (χ0) is 17.8. The lowest BCUT2D eigenvalue weighted by atomic mass is 10.1. The van der Waals surface area contributed by atoms with E-state index in [9.17, 15) is 9.59 Å². The Labute approximate surface area is 145 Å². The molecule has 0 atom stereocenters. The molecule has 0 aliphatic heterocycles. The second-order valence-electron chi connectivity index (χ2n) is 5.76. The van der Waals surface area contributed by atoms with Crippen molar-refractivity contribution < 1.29 is 9.59 Å². The SMILES string of the molecule is CNC(=O)c1ccc(CN(C)C(=O)Cn2nnc3ccccc32)cc1. The molecular formula is C18H19N5O2. The smallest absolute Gasteiger partial charge is 0.251 e. The van der Waals surface area contributed by atoms with Gasteiger partial charge in [-0.3, -0.25) is 9.59 Å². The highest BCUT2D eigenvalue weighted by Gasteiger charge is 2.13. The van der Waals surface area contributed by atoms with E-state index in [1.165, 1.54) is 0 Å². The predicted octanol–water partition coefficient (Wildman–Crippen LogP) is 1.45. The highest BCUT2D eigenvalue weighted by atomic mass is 16.2. The van der Waals surface area contributed by atoms with E-state index in [1.54, 1.807) is 35.8 Å². The van der Waals surface area contributed by atoms with Gasteiger partial charge in [0, 0.05) is 26.2 Å². The monoisotopic (exact) mass is 337 g/mol. The molecule has 0 bridgehead atoms. The summed E-state index contributed by atoms with van der Waals surface area (Å²) in [5, 5.41) is 10.7. The lowest BCUT2D eigenvalue weighted by molar-refractivity contribution is -0.131. The number of hydrogen-bond donors (Lipinski definition) is 1. The second-order valence-corrected chi connectivity index (χ2v) is 5.76. The highest BCUT2D eigenvalue weighted by Crippen LogP contribution is 2.11. The fourth-order valence-electron chi connectivity index (χ4n) is 2.55. The summed E-state index contributed by atoms with van der Waals surface area (Å²) >= 11 is 0. The molecule has 7 nitrogen and oxygen atoms in total. The molecule has 25 heavy (non-hydrogen) atoms. The van der Waals surface area contributed by atoms with Crippen molar-refractivity contribution >= 4 is 22.8 Å². The summed E-state index contributed by atoms with van der Waals surface area (Å²) in [7, 11) is 3.34. The van der Waals surface area contributed by atoms with E-state index in [2.05, 4.69) is 15.6 Å². The lowest BCUT2D eigenvalue weighted by Gasteiger charge is -2.17. The molecule has 0 unspecified atom stereocenters. The van der Waals surface area contributed by atoms with Crippen LogP contribution in [-0.2, 0) is 17.9 Å². The lowest BCUT2D eigenvalue weighted by Crippen LogP contribution is -2.30. The third kappa shape index (κ3) is 3.65. The van der Waals surface area contributed by atoms with Gasteiger partial charge in [-0.25, -0.2) is 4.68 Å². The van der Waals surface area contributed by atoms with Crippen LogP contribution in [0.1, 0.15) is 15.9 Å². The van der Waals surface area contributed by atoms with Crippen molar-refractivity contribution in [2.24, 2.45) is 0 Å². The largest absolute Gasteiger partial charge is 0.355 e. The molecule has 2 amide bonds. The molecule has 0 fully saturated rings. The van der Waals surface area contributed by atoms with Gasteiger partial charge in [-0.1, -0.05) is 29.5 Å². The van der Waals surface area contributed by atoms with Crippen molar-refractivity contribution in [1.82, 2.24) is 25.2 Å². The van der Waals surface area contributed by atoms with E-state index in [0.717, 1.165) is 16.6 Å². The van der Waals surface area contributed by atoms with Gasteiger partial charge in [0.05, 0.1) is 5.52 Å². The number of likely N-dealkylation sites (N-methyl/N-ethyl adjacent to an activating group) is 1. The number of aromatic nitrogens is 3. The van der Waals surface area contributed by atoms with Crippen LogP contribution in [0.2, 0.25) is 0 Å². The Hall–Kier alpha value is -3.22. The standard InChI is InChI=1S/C18H19N5O2/c1-19-18(25)14-9-7-13(8-10-14)11-22(2)17(24)12-23-16-6-4-3-5-15(16)20-21-23/h3-10H,11-12H2,1-2H3,(H,19,25). The van der Waals surface area contributed by atoms with Gasteiger partial charge in [-0.05, 0) is 29.8 Å². The number of hydrogen-bond acceptors (Lipinski definition) is 4. The second kappa shape index (κ2) is 7.12. The van der Waals surface area contributed by atoms with Crippen LogP contribution in [0.3, 0.4) is 0 Å². The summed E-state index contributed by atoms with van der Waals surface area (Å²) in [6, 6.07) is 14.7. The van der Waals surface area contributed by atoms with Crippen LogP contribution in [-0.4, -0.2) is 45.8 Å². The third-order valence-corrected chi connectivity index (χ3v) is 3.99. The van der Waals surface area contributed by atoms with E-state index in [0.29, 0.717) is 12.1 Å². The minimum Gasteiger partial charge on any atom is -0.355 e. The maximum absolute atomic E-state index is 12.5. The number of amides is 2. The molecule has 1 heterocycles. The molecule has 0 radical (unpaired) electrons. The molecule has 128 valence electrons. The average molecular weight is 337 g/mol. The van der Waals surface area contributed by atoms with Crippen LogP contribution in [0.15, 0.2) is 48.5 Å². The first kappa shape index (κ1) is 16.6. The molecule has 2 aromatic carbocycles. The number of fused-ring (bicyclic) bond motifs is 1. The third-order valence-electron chi connectivity index (χ3n) is 3.99. The van der Waals surface area contributed by atoms with E-state index in [-0.39, 0.29) is 18.4 Å². The number of benzene rings is 2.